The number of nitrogens with zero attached hydrogens (tertiary/aromatic N) is 2. The van der Waals surface area contributed by atoms with Crippen LogP contribution in [0.25, 0.3) is 11.3 Å². The first kappa shape index (κ1) is 19.7. The molecular weight excluding hydrogens is 384 g/mol. The molecule has 0 aliphatic carbocycles. The van der Waals surface area contributed by atoms with Crippen molar-refractivity contribution in [2.45, 2.75) is 0 Å². The van der Waals surface area contributed by atoms with E-state index >= 15 is 0 Å². The first-order chi connectivity index (χ1) is 14.7. The van der Waals surface area contributed by atoms with Crippen molar-refractivity contribution in [2.24, 2.45) is 0 Å². The molecule has 1 amide bonds. The summed E-state index contributed by atoms with van der Waals surface area (Å²) >= 11 is 0. The van der Waals surface area contributed by atoms with Crippen LogP contribution in [0.5, 0.6) is 0 Å². The number of methoxy groups -OCH3 is 1. The van der Waals surface area contributed by atoms with E-state index in [0.29, 0.717) is 30.3 Å². The Labute approximate surface area is 173 Å². The van der Waals surface area contributed by atoms with Crippen LogP contribution in [0.15, 0.2) is 54.6 Å². The molecule has 0 spiro atoms. The Hall–Kier alpha value is -3.65. The molecule has 3 aromatic rings. The third-order valence-electron chi connectivity index (χ3n) is 4.92. The Balaban J connectivity index is 1.56. The number of nitrogens with one attached hydrogen (secondary N) is 2. The van der Waals surface area contributed by atoms with Crippen molar-refractivity contribution < 1.29 is 19.1 Å². The van der Waals surface area contributed by atoms with Gasteiger partial charge in [0, 0.05) is 24.3 Å². The summed E-state index contributed by atoms with van der Waals surface area (Å²) in [7, 11) is 1.32. The number of carbonyl (C=O) groups is 2. The van der Waals surface area contributed by atoms with Gasteiger partial charge in [-0.3, -0.25) is 9.89 Å². The molecule has 0 saturated carbocycles. The third kappa shape index (κ3) is 4.18. The van der Waals surface area contributed by atoms with E-state index in [1.165, 1.54) is 7.11 Å². The van der Waals surface area contributed by atoms with Crippen LogP contribution in [-0.2, 0) is 9.47 Å². The summed E-state index contributed by atoms with van der Waals surface area (Å²) in [5.41, 5.74) is 3.40. The van der Waals surface area contributed by atoms with Gasteiger partial charge in [-0.2, -0.15) is 5.10 Å². The summed E-state index contributed by atoms with van der Waals surface area (Å²) < 4.78 is 10.3. The molecule has 0 unspecified atom stereocenters. The van der Waals surface area contributed by atoms with Crippen molar-refractivity contribution in [1.29, 1.82) is 0 Å². The second-order valence-corrected chi connectivity index (χ2v) is 6.81. The molecule has 1 fully saturated rings. The highest BCUT2D eigenvalue weighted by molar-refractivity contribution is 6.07. The van der Waals surface area contributed by atoms with Crippen molar-refractivity contribution in [3.63, 3.8) is 0 Å². The van der Waals surface area contributed by atoms with Gasteiger partial charge in [0.25, 0.3) is 5.91 Å². The maximum Gasteiger partial charge on any atom is 0.340 e. The smallest absolute Gasteiger partial charge is 0.340 e. The molecule has 1 saturated heterocycles. The van der Waals surface area contributed by atoms with Crippen molar-refractivity contribution >= 4 is 23.3 Å². The molecule has 0 atom stereocenters. The first-order valence-electron chi connectivity index (χ1n) is 9.63. The monoisotopic (exact) mass is 406 g/mol. The first-order valence-corrected chi connectivity index (χ1v) is 9.63. The molecule has 8 heteroatoms. The van der Waals surface area contributed by atoms with Crippen LogP contribution < -0.4 is 10.2 Å². The van der Waals surface area contributed by atoms with Crippen molar-refractivity contribution in [3.8, 4) is 11.3 Å². The number of esters is 1. The van der Waals surface area contributed by atoms with Gasteiger partial charge in [-0.1, -0.05) is 30.3 Å². The van der Waals surface area contributed by atoms with E-state index in [1.807, 2.05) is 36.4 Å². The molecule has 30 heavy (non-hydrogen) atoms. The summed E-state index contributed by atoms with van der Waals surface area (Å²) in [5, 5.41) is 9.73. The minimum absolute atomic E-state index is 0.289. The van der Waals surface area contributed by atoms with Gasteiger partial charge >= 0.3 is 5.97 Å². The average Bonchev–Trinajstić information content (AvgIpc) is 3.30. The quantitative estimate of drug-likeness (QED) is 0.633. The Morgan fingerprint density at radius 3 is 2.60 bits per heavy atom. The predicted octanol–water partition coefficient (Wildman–Crippen LogP) is 2.95. The van der Waals surface area contributed by atoms with E-state index in [9.17, 15) is 9.59 Å². The molecule has 8 nitrogen and oxygen atoms in total. The fourth-order valence-electron chi connectivity index (χ4n) is 3.32. The number of aromatic nitrogens is 2. The SMILES string of the molecule is COC(=O)c1cc(N2CCOCC2)ccc1NC(=O)c1cc(-c2ccccc2)n[nH]1. The summed E-state index contributed by atoms with van der Waals surface area (Å²) in [4.78, 5) is 27.2. The molecule has 154 valence electrons. The highest BCUT2D eigenvalue weighted by Crippen LogP contribution is 2.26. The molecule has 4 rings (SSSR count). The molecule has 0 radical (unpaired) electrons. The van der Waals surface area contributed by atoms with E-state index < -0.39 is 11.9 Å². The van der Waals surface area contributed by atoms with Crippen molar-refractivity contribution in [1.82, 2.24) is 10.2 Å². The number of hydrogen-bond donors (Lipinski definition) is 2. The van der Waals surface area contributed by atoms with E-state index in [2.05, 4.69) is 20.4 Å². The minimum atomic E-state index is -0.519. The zero-order valence-corrected chi connectivity index (χ0v) is 16.6. The molecule has 2 heterocycles. The van der Waals surface area contributed by atoms with E-state index in [1.54, 1.807) is 18.2 Å². The topological polar surface area (TPSA) is 96.6 Å². The highest BCUT2D eigenvalue weighted by Gasteiger charge is 2.20. The van der Waals surface area contributed by atoms with Gasteiger partial charge in [-0.25, -0.2) is 4.79 Å². The number of carbonyl (C=O) groups excluding carboxylic acids is 2. The van der Waals surface area contributed by atoms with Crippen molar-refractivity contribution in [2.75, 3.05) is 43.6 Å². The lowest BCUT2D eigenvalue weighted by Gasteiger charge is -2.29. The lowest BCUT2D eigenvalue weighted by atomic mass is 10.1. The van der Waals surface area contributed by atoms with E-state index in [-0.39, 0.29) is 5.56 Å². The molecule has 2 aromatic carbocycles. The number of ether oxygens (including phenoxy) is 2. The summed E-state index contributed by atoms with van der Waals surface area (Å²) in [5.74, 6) is -0.913. The maximum absolute atomic E-state index is 12.7. The lowest BCUT2D eigenvalue weighted by molar-refractivity contribution is 0.0602. The molecule has 2 N–H and O–H groups in total. The number of anilines is 2. The van der Waals surface area contributed by atoms with Crippen LogP contribution in [-0.4, -0.2) is 55.5 Å². The number of rotatable bonds is 5. The van der Waals surface area contributed by atoms with Gasteiger partial charge in [0.2, 0.25) is 0 Å². The van der Waals surface area contributed by atoms with Gasteiger partial charge in [0.15, 0.2) is 0 Å². The maximum atomic E-state index is 12.7. The third-order valence-corrected chi connectivity index (χ3v) is 4.92. The number of H-pyrrole nitrogens is 1. The number of amides is 1. The van der Waals surface area contributed by atoms with Crippen LogP contribution in [0.4, 0.5) is 11.4 Å². The predicted molar refractivity (Wildman–Crippen MR) is 113 cm³/mol. The minimum Gasteiger partial charge on any atom is -0.465 e. The Bertz CT molecular complexity index is 1040. The fraction of sp³-hybridized carbons (Fsp3) is 0.227. The summed E-state index contributed by atoms with van der Waals surface area (Å²) in [6.07, 6.45) is 0. The van der Waals surface area contributed by atoms with Gasteiger partial charge < -0.3 is 19.7 Å². The van der Waals surface area contributed by atoms with Crippen LogP contribution in [0.1, 0.15) is 20.8 Å². The van der Waals surface area contributed by atoms with Crippen molar-refractivity contribution in [3.05, 3.63) is 65.9 Å². The molecule has 1 aliphatic heterocycles. The van der Waals surface area contributed by atoms with Gasteiger partial charge in [0.1, 0.15) is 5.69 Å². The van der Waals surface area contributed by atoms with Crippen LogP contribution in [0.3, 0.4) is 0 Å². The lowest BCUT2D eigenvalue weighted by Crippen LogP contribution is -2.36. The average molecular weight is 406 g/mol. The standard InChI is InChI=1S/C22H22N4O4/c1-29-22(28)17-13-16(26-9-11-30-12-10-26)7-8-18(17)23-21(27)20-14-19(24-25-20)15-5-3-2-4-6-15/h2-8,13-14H,9-12H2,1H3,(H,23,27)(H,24,25). The van der Waals surface area contributed by atoms with Crippen LogP contribution in [0, 0.1) is 0 Å². The van der Waals surface area contributed by atoms with Crippen LogP contribution >= 0.6 is 0 Å². The fourth-order valence-corrected chi connectivity index (χ4v) is 3.32. The molecule has 1 aliphatic rings. The highest BCUT2D eigenvalue weighted by atomic mass is 16.5. The zero-order chi connectivity index (χ0) is 20.9. The van der Waals surface area contributed by atoms with E-state index in [0.717, 1.165) is 24.3 Å². The number of hydrogen-bond acceptors (Lipinski definition) is 6. The largest absolute Gasteiger partial charge is 0.465 e. The van der Waals surface area contributed by atoms with Gasteiger partial charge in [-0.15, -0.1) is 0 Å². The van der Waals surface area contributed by atoms with Gasteiger partial charge in [0.05, 0.1) is 37.3 Å². The van der Waals surface area contributed by atoms with E-state index in [4.69, 9.17) is 9.47 Å². The van der Waals surface area contributed by atoms with Crippen LogP contribution in [0.2, 0.25) is 0 Å². The number of benzene rings is 2. The molecular formula is C22H22N4O4. The Kier molecular flexibility index (Phi) is 5.76. The van der Waals surface area contributed by atoms with Gasteiger partial charge in [-0.05, 0) is 24.3 Å². The Morgan fingerprint density at radius 1 is 1.10 bits per heavy atom. The molecule has 0 bridgehead atoms. The second kappa shape index (κ2) is 8.79. The molecule has 1 aromatic heterocycles. The number of morpholine rings is 1. The summed E-state index contributed by atoms with van der Waals surface area (Å²) in [6, 6.07) is 16.5. The zero-order valence-electron chi connectivity index (χ0n) is 16.6. The Morgan fingerprint density at radius 2 is 1.87 bits per heavy atom. The second-order valence-electron chi connectivity index (χ2n) is 6.81. The number of aromatic amines is 1. The normalized spacial score (nSPS) is 13.7. The summed E-state index contributed by atoms with van der Waals surface area (Å²) in [6.45, 7) is 2.75.